The summed E-state index contributed by atoms with van der Waals surface area (Å²) in [5.74, 6) is -0.456. The number of carbonyl (C=O) groups is 1. The highest BCUT2D eigenvalue weighted by atomic mass is 16.4. The van der Waals surface area contributed by atoms with Gasteiger partial charge in [0.2, 0.25) is 0 Å². The van der Waals surface area contributed by atoms with Crippen molar-refractivity contribution in [2.45, 2.75) is 52.5 Å². The molecule has 4 heteroatoms. The van der Waals surface area contributed by atoms with Crippen LogP contribution in [0, 0.1) is 0 Å². The van der Waals surface area contributed by atoms with E-state index in [-0.39, 0.29) is 11.1 Å². The molecule has 0 bridgehead atoms. The summed E-state index contributed by atoms with van der Waals surface area (Å²) in [5.41, 5.74) is 3.19. The monoisotopic (exact) mass is 300 g/mol. The average molecular weight is 300 g/mol. The molecule has 0 fully saturated rings. The molecule has 22 heavy (non-hydrogen) atoms. The minimum atomic E-state index is -0.943. The van der Waals surface area contributed by atoms with Gasteiger partial charge < -0.3 is 5.11 Å². The fourth-order valence-corrected chi connectivity index (χ4v) is 2.26. The molecule has 0 saturated carbocycles. The van der Waals surface area contributed by atoms with Gasteiger partial charge in [-0.1, -0.05) is 58.9 Å². The molecule has 0 aliphatic carbocycles. The highest BCUT2D eigenvalue weighted by molar-refractivity contribution is 5.85. The van der Waals surface area contributed by atoms with Gasteiger partial charge in [-0.3, -0.25) is 4.68 Å². The first-order valence-electron chi connectivity index (χ1n) is 7.59. The largest absolute Gasteiger partial charge is 0.477 e. The maximum Gasteiger partial charge on any atom is 0.354 e. The third-order valence-electron chi connectivity index (χ3n) is 3.75. The summed E-state index contributed by atoms with van der Waals surface area (Å²) in [5, 5.41) is 13.9. The van der Waals surface area contributed by atoms with Gasteiger partial charge in [0.25, 0.3) is 0 Å². The zero-order valence-corrected chi connectivity index (χ0v) is 13.9. The van der Waals surface area contributed by atoms with Crippen LogP contribution in [0.25, 0.3) is 0 Å². The average Bonchev–Trinajstić information content (AvgIpc) is 2.83. The highest BCUT2D eigenvalue weighted by Gasteiger charge is 2.22. The normalized spacial score (nSPS) is 11.9. The van der Waals surface area contributed by atoms with E-state index in [0.29, 0.717) is 12.5 Å². The number of aromatic nitrogens is 2. The summed E-state index contributed by atoms with van der Waals surface area (Å²) in [6, 6.07) is 9.94. The van der Waals surface area contributed by atoms with Gasteiger partial charge in [0.15, 0.2) is 0 Å². The quantitative estimate of drug-likeness (QED) is 0.926. The molecule has 1 aromatic heterocycles. The van der Waals surface area contributed by atoms with Crippen molar-refractivity contribution in [2.24, 2.45) is 0 Å². The maximum absolute atomic E-state index is 11.4. The third-order valence-corrected chi connectivity index (χ3v) is 3.75. The summed E-state index contributed by atoms with van der Waals surface area (Å²) >= 11 is 0. The first-order chi connectivity index (χ1) is 10.2. The number of carboxylic acids is 1. The molecule has 0 aliphatic heterocycles. The van der Waals surface area contributed by atoms with Gasteiger partial charge in [-0.2, -0.15) is 5.10 Å². The molecular formula is C18H24N2O2. The van der Waals surface area contributed by atoms with Crippen LogP contribution in [-0.2, 0) is 12.0 Å². The first-order valence-corrected chi connectivity index (χ1v) is 7.59. The van der Waals surface area contributed by atoms with Gasteiger partial charge in [-0.05, 0) is 23.1 Å². The van der Waals surface area contributed by atoms with Crippen LogP contribution < -0.4 is 0 Å². The second-order valence-corrected chi connectivity index (χ2v) is 7.02. The summed E-state index contributed by atoms with van der Waals surface area (Å²) < 4.78 is 1.58. The molecule has 1 aromatic carbocycles. The van der Waals surface area contributed by atoms with Crippen LogP contribution in [-0.4, -0.2) is 20.9 Å². The van der Waals surface area contributed by atoms with Crippen molar-refractivity contribution >= 4 is 5.97 Å². The topological polar surface area (TPSA) is 55.1 Å². The zero-order chi connectivity index (χ0) is 16.5. The molecule has 0 atom stereocenters. The van der Waals surface area contributed by atoms with Crippen molar-refractivity contribution in [3.8, 4) is 0 Å². The van der Waals surface area contributed by atoms with E-state index in [0.717, 1.165) is 11.3 Å². The standard InChI is InChI=1S/C18H24N2O2/c1-12(2)14-8-6-13(7-9-14)11-20-15(17(21)22)10-16(19-20)18(3,4)5/h6-10,12H,11H2,1-5H3,(H,21,22). The molecule has 0 saturated heterocycles. The lowest BCUT2D eigenvalue weighted by Gasteiger charge is -2.14. The van der Waals surface area contributed by atoms with Crippen molar-refractivity contribution in [1.82, 2.24) is 9.78 Å². The lowest BCUT2D eigenvalue weighted by atomic mass is 9.92. The number of benzene rings is 1. The first kappa shape index (κ1) is 16.3. The Labute approximate surface area is 131 Å². The summed E-state index contributed by atoms with van der Waals surface area (Å²) in [7, 11) is 0. The smallest absolute Gasteiger partial charge is 0.354 e. The van der Waals surface area contributed by atoms with Crippen LogP contribution in [0.4, 0.5) is 0 Å². The van der Waals surface area contributed by atoms with Gasteiger partial charge in [0.05, 0.1) is 12.2 Å². The second-order valence-electron chi connectivity index (χ2n) is 7.02. The molecular weight excluding hydrogens is 276 g/mol. The Bertz CT molecular complexity index is 661. The Morgan fingerprint density at radius 1 is 1.23 bits per heavy atom. The summed E-state index contributed by atoms with van der Waals surface area (Å²) in [6.07, 6.45) is 0. The van der Waals surface area contributed by atoms with E-state index in [1.807, 2.05) is 32.9 Å². The van der Waals surface area contributed by atoms with Gasteiger partial charge >= 0.3 is 5.97 Å². The fourth-order valence-electron chi connectivity index (χ4n) is 2.26. The van der Waals surface area contributed by atoms with Gasteiger partial charge in [-0.25, -0.2) is 4.79 Å². The van der Waals surface area contributed by atoms with Crippen molar-refractivity contribution in [3.05, 3.63) is 52.8 Å². The maximum atomic E-state index is 11.4. The van der Waals surface area contributed by atoms with E-state index in [4.69, 9.17) is 0 Å². The minimum absolute atomic E-state index is 0.170. The molecule has 0 amide bonds. The molecule has 4 nitrogen and oxygen atoms in total. The Balaban J connectivity index is 2.32. The molecule has 0 aliphatic rings. The van der Waals surface area contributed by atoms with Crippen molar-refractivity contribution in [3.63, 3.8) is 0 Å². The Morgan fingerprint density at radius 3 is 2.27 bits per heavy atom. The summed E-state index contributed by atoms with van der Waals surface area (Å²) in [4.78, 5) is 11.4. The lowest BCUT2D eigenvalue weighted by Crippen LogP contribution is -2.14. The third kappa shape index (κ3) is 3.56. The van der Waals surface area contributed by atoms with Gasteiger partial charge in [0.1, 0.15) is 5.69 Å². The van der Waals surface area contributed by atoms with Crippen LogP contribution in [0.2, 0.25) is 0 Å². The van der Waals surface area contributed by atoms with Gasteiger partial charge in [-0.15, -0.1) is 0 Å². The molecule has 2 aromatic rings. The Morgan fingerprint density at radius 2 is 1.82 bits per heavy atom. The van der Waals surface area contributed by atoms with E-state index in [1.54, 1.807) is 10.7 Å². The Hall–Kier alpha value is -2.10. The fraction of sp³-hybridized carbons (Fsp3) is 0.444. The minimum Gasteiger partial charge on any atom is -0.477 e. The predicted molar refractivity (Wildman–Crippen MR) is 87.5 cm³/mol. The zero-order valence-electron chi connectivity index (χ0n) is 13.9. The number of carboxylic acid groups (broad SMARTS) is 1. The molecule has 0 radical (unpaired) electrons. The molecule has 1 heterocycles. The SMILES string of the molecule is CC(C)c1ccc(Cn2nc(C(C)(C)C)cc2C(=O)O)cc1. The molecule has 0 unspecified atom stereocenters. The lowest BCUT2D eigenvalue weighted by molar-refractivity contribution is 0.0684. The number of aromatic carboxylic acids is 1. The van der Waals surface area contributed by atoms with E-state index in [1.165, 1.54) is 5.56 Å². The molecule has 1 N–H and O–H groups in total. The van der Waals surface area contributed by atoms with E-state index in [9.17, 15) is 9.90 Å². The molecule has 118 valence electrons. The second kappa shape index (κ2) is 5.95. The Kier molecular flexibility index (Phi) is 4.40. The number of rotatable bonds is 4. The van der Waals surface area contributed by atoms with Crippen molar-refractivity contribution in [2.75, 3.05) is 0 Å². The van der Waals surface area contributed by atoms with Crippen LogP contribution in [0.5, 0.6) is 0 Å². The summed E-state index contributed by atoms with van der Waals surface area (Å²) in [6.45, 7) is 10.9. The molecule has 2 rings (SSSR count). The predicted octanol–water partition coefficient (Wildman–Crippen LogP) is 4.05. The number of hydrogen-bond donors (Lipinski definition) is 1. The number of nitrogens with zero attached hydrogens (tertiary/aromatic N) is 2. The highest BCUT2D eigenvalue weighted by Crippen LogP contribution is 2.22. The van der Waals surface area contributed by atoms with E-state index < -0.39 is 5.97 Å². The van der Waals surface area contributed by atoms with E-state index in [2.05, 4.69) is 31.1 Å². The van der Waals surface area contributed by atoms with Crippen LogP contribution in [0.15, 0.2) is 30.3 Å². The van der Waals surface area contributed by atoms with Crippen molar-refractivity contribution < 1.29 is 9.90 Å². The van der Waals surface area contributed by atoms with Crippen LogP contribution >= 0.6 is 0 Å². The molecule has 0 spiro atoms. The van der Waals surface area contributed by atoms with Crippen LogP contribution in [0.1, 0.15) is 67.8 Å². The van der Waals surface area contributed by atoms with E-state index >= 15 is 0 Å². The van der Waals surface area contributed by atoms with Crippen LogP contribution in [0.3, 0.4) is 0 Å². The van der Waals surface area contributed by atoms with Gasteiger partial charge in [0, 0.05) is 5.41 Å². The van der Waals surface area contributed by atoms with Crippen molar-refractivity contribution in [1.29, 1.82) is 0 Å². The number of hydrogen-bond acceptors (Lipinski definition) is 2.